The minimum atomic E-state index is 0. The average molecular weight is 301 g/mol. The first-order valence-corrected chi connectivity index (χ1v) is 7.42. The molecule has 3 nitrogen and oxygen atoms in total. The highest BCUT2D eigenvalue weighted by atomic mass is 35.5. The molecule has 1 aliphatic heterocycles. The van der Waals surface area contributed by atoms with Gasteiger partial charge >= 0.3 is 0 Å². The van der Waals surface area contributed by atoms with E-state index in [4.69, 9.17) is 5.73 Å². The lowest BCUT2D eigenvalue weighted by Crippen LogP contribution is -2.31. The van der Waals surface area contributed by atoms with Crippen LogP contribution in [0.5, 0.6) is 0 Å². The molecule has 1 aromatic carbocycles. The van der Waals surface area contributed by atoms with E-state index in [0.717, 1.165) is 18.6 Å². The smallest absolute Gasteiger partial charge is 0.220 e. The van der Waals surface area contributed by atoms with Gasteiger partial charge in [0.2, 0.25) is 5.91 Å². The fraction of sp³-hybridized carbons (Fsp3) is 0.500. The summed E-state index contributed by atoms with van der Waals surface area (Å²) in [5.41, 5.74) is 6.92. The number of rotatable bonds is 4. The molecule has 0 saturated heterocycles. The van der Waals surface area contributed by atoms with Crippen LogP contribution in [0.1, 0.15) is 37.8 Å². The summed E-state index contributed by atoms with van der Waals surface area (Å²) >= 11 is 1.87. The zero-order valence-corrected chi connectivity index (χ0v) is 12.7. The van der Waals surface area contributed by atoms with Crippen molar-refractivity contribution >= 4 is 30.1 Å². The van der Waals surface area contributed by atoms with E-state index in [1.54, 1.807) is 0 Å². The van der Waals surface area contributed by atoms with Crippen molar-refractivity contribution in [1.29, 1.82) is 0 Å². The number of fused-ring (bicyclic) bond motifs is 1. The molecule has 0 radical (unpaired) electrons. The van der Waals surface area contributed by atoms with Gasteiger partial charge in [-0.15, -0.1) is 24.2 Å². The predicted octanol–water partition coefficient (Wildman–Crippen LogP) is 2.89. The van der Waals surface area contributed by atoms with Gasteiger partial charge in [0.25, 0.3) is 0 Å². The number of nitrogens with one attached hydrogen (secondary N) is 1. The van der Waals surface area contributed by atoms with Crippen LogP contribution < -0.4 is 11.1 Å². The molecule has 2 rings (SSSR count). The monoisotopic (exact) mass is 300 g/mol. The predicted molar refractivity (Wildman–Crippen MR) is 82.8 cm³/mol. The van der Waals surface area contributed by atoms with Crippen LogP contribution in [0.3, 0.4) is 0 Å². The Labute approximate surface area is 125 Å². The van der Waals surface area contributed by atoms with E-state index in [0.29, 0.717) is 6.42 Å². The van der Waals surface area contributed by atoms with Crippen LogP contribution in [0.4, 0.5) is 0 Å². The van der Waals surface area contributed by atoms with Crippen LogP contribution in [0, 0.1) is 0 Å². The second kappa shape index (κ2) is 7.78. The molecule has 3 N–H and O–H groups in total. The summed E-state index contributed by atoms with van der Waals surface area (Å²) in [5, 5.41) is 3.12. The number of halogens is 1. The quantitative estimate of drug-likeness (QED) is 0.899. The Kier molecular flexibility index (Phi) is 6.69. The van der Waals surface area contributed by atoms with E-state index in [1.165, 1.54) is 10.5 Å². The molecular formula is C14H21ClN2OS. The van der Waals surface area contributed by atoms with Crippen LogP contribution in [0.2, 0.25) is 0 Å². The zero-order chi connectivity index (χ0) is 13.0. The summed E-state index contributed by atoms with van der Waals surface area (Å²) in [4.78, 5) is 13.1. The van der Waals surface area contributed by atoms with E-state index < -0.39 is 0 Å². The maximum Gasteiger partial charge on any atom is 0.220 e. The normalized spacial score (nSPS) is 18.9. The maximum absolute atomic E-state index is 11.9. The van der Waals surface area contributed by atoms with Gasteiger partial charge < -0.3 is 11.1 Å². The van der Waals surface area contributed by atoms with Crippen molar-refractivity contribution < 1.29 is 4.79 Å². The number of carbonyl (C=O) groups excluding carboxylic acids is 1. The van der Waals surface area contributed by atoms with Crippen molar-refractivity contribution in [2.45, 2.75) is 43.2 Å². The first-order chi connectivity index (χ1) is 8.66. The number of hydrogen-bond donors (Lipinski definition) is 2. The fourth-order valence-corrected chi connectivity index (χ4v) is 3.24. The third-order valence-corrected chi connectivity index (χ3v) is 4.24. The lowest BCUT2D eigenvalue weighted by atomic mass is 10.0. The molecule has 0 aliphatic carbocycles. The largest absolute Gasteiger partial charge is 0.349 e. The molecule has 0 spiro atoms. The Morgan fingerprint density at radius 1 is 1.53 bits per heavy atom. The van der Waals surface area contributed by atoms with Gasteiger partial charge in [0.15, 0.2) is 0 Å². The standard InChI is InChI=1S/C14H20N2OS.ClH/c1-10(15)6-7-14(17)16-12-8-9-18-13-5-3-2-4-11(12)13;/h2-5,10,12H,6-9,15H2,1H3,(H,16,17);1H. The van der Waals surface area contributed by atoms with E-state index in [-0.39, 0.29) is 30.4 Å². The number of benzene rings is 1. The first kappa shape index (κ1) is 16.3. The number of hydrogen-bond acceptors (Lipinski definition) is 3. The second-order valence-corrected chi connectivity index (χ2v) is 5.95. The topological polar surface area (TPSA) is 55.1 Å². The highest BCUT2D eigenvalue weighted by Gasteiger charge is 2.21. The van der Waals surface area contributed by atoms with Gasteiger partial charge in [-0.25, -0.2) is 0 Å². The first-order valence-electron chi connectivity index (χ1n) is 6.43. The van der Waals surface area contributed by atoms with Gasteiger partial charge in [0, 0.05) is 23.1 Å². The molecule has 106 valence electrons. The molecule has 2 unspecified atom stereocenters. The van der Waals surface area contributed by atoms with Crippen LogP contribution >= 0.6 is 24.2 Å². The molecule has 2 atom stereocenters. The van der Waals surface area contributed by atoms with Gasteiger partial charge in [-0.2, -0.15) is 0 Å². The van der Waals surface area contributed by atoms with Crippen molar-refractivity contribution in [3.8, 4) is 0 Å². The summed E-state index contributed by atoms with van der Waals surface area (Å²) in [6.07, 6.45) is 2.27. The molecule has 0 aromatic heterocycles. The summed E-state index contributed by atoms with van der Waals surface area (Å²) in [6, 6.07) is 8.57. The molecule has 1 heterocycles. The molecule has 5 heteroatoms. The fourth-order valence-electron chi connectivity index (χ4n) is 2.12. The average Bonchev–Trinajstić information content (AvgIpc) is 2.37. The summed E-state index contributed by atoms with van der Waals surface area (Å²) in [5.74, 6) is 1.17. The Morgan fingerprint density at radius 2 is 2.26 bits per heavy atom. The molecule has 19 heavy (non-hydrogen) atoms. The van der Waals surface area contributed by atoms with E-state index in [9.17, 15) is 4.79 Å². The number of nitrogens with two attached hydrogens (primary N) is 1. The maximum atomic E-state index is 11.9. The van der Waals surface area contributed by atoms with Crippen molar-refractivity contribution in [3.05, 3.63) is 29.8 Å². The highest BCUT2D eigenvalue weighted by molar-refractivity contribution is 7.99. The minimum absolute atomic E-state index is 0. The Bertz CT molecular complexity index is 426. The van der Waals surface area contributed by atoms with Crippen LogP contribution in [0.15, 0.2) is 29.2 Å². The molecule has 1 amide bonds. The van der Waals surface area contributed by atoms with E-state index >= 15 is 0 Å². The van der Waals surface area contributed by atoms with Crippen molar-refractivity contribution in [2.75, 3.05) is 5.75 Å². The Morgan fingerprint density at radius 3 is 3.00 bits per heavy atom. The lowest BCUT2D eigenvalue weighted by molar-refractivity contribution is -0.122. The van der Waals surface area contributed by atoms with Crippen LogP contribution in [-0.2, 0) is 4.79 Å². The van der Waals surface area contributed by atoms with E-state index in [1.807, 2.05) is 30.8 Å². The SMILES string of the molecule is CC(N)CCC(=O)NC1CCSc2ccccc21.Cl. The van der Waals surface area contributed by atoms with E-state index in [2.05, 4.69) is 17.4 Å². The summed E-state index contributed by atoms with van der Waals surface area (Å²) < 4.78 is 0. The minimum Gasteiger partial charge on any atom is -0.349 e. The van der Waals surface area contributed by atoms with Crippen molar-refractivity contribution in [3.63, 3.8) is 0 Å². The summed E-state index contributed by atoms with van der Waals surface area (Å²) in [6.45, 7) is 1.93. The third-order valence-electron chi connectivity index (χ3n) is 3.12. The lowest BCUT2D eigenvalue weighted by Gasteiger charge is -2.26. The van der Waals surface area contributed by atoms with Gasteiger partial charge in [0.05, 0.1) is 6.04 Å². The van der Waals surface area contributed by atoms with Gasteiger partial charge in [-0.05, 0) is 31.4 Å². The molecule has 1 aliphatic rings. The highest BCUT2D eigenvalue weighted by Crippen LogP contribution is 2.35. The molecule has 1 aromatic rings. The summed E-state index contributed by atoms with van der Waals surface area (Å²) in [7, 11) is 0. The molecule has 0 saturated carbocycles. The van der Waals surface area contributed by atoms with Crippen LogP contribution in [-0.4, -0.2) is 17.7 Å². The Hall–Kier alpha value is -0.710. The van der Waals surface area contributed by atoms with Gasteiger partial charge in [-0.3, -0.25) is 4.79 Å². The third kappa shape index (κ3) is 4.71. The van der Waals surface area contributed by atoms with Gasteiger partial charge in [0.1, 0.15) is 0 Å². The van der Waals surface area contributed by atoms with Crippen molar-refractivity contribution in [2.24, 2.45) is 5.73 Å². The number of amides is 1. The molecule has 0 fully saturated rings. The zero-order valence-electron chi connectivity index (χ0n) is 11.1. The molecular weight excluding hydrogens is 280 g/mol. The van der Waals surface area contributed by atoms with Crippen LogP contribution in [0.25, 0.3) is 0 Å². The van der Waals surface area contributed by atoms with Gasteiger partial charge in [-0.1, -0.05) is 18.2 Å². The number of carbonyl (C=O) groups is 1. The number of thioether (sulfide) groups is 1. The Balaban J connectivity index is 0.00000180. The van der Waals surface area contributed by atoms with Crippen molar-refractivity contribution in [1.82, 2.24) is 5.32 Å². The molecule has 0 bridgehead atoms. The second-order valence-electron chi connectivity index (χ2n) is 4.81.